The number of carbonyl (C=O) groups is 2. The highest BCUT2D eigenvalue weighted by Crippen LogP contribution is 2.32. The van der Waals surface area contributed by atoms with Crippen molar-refractivity contribution in [2.45, 2.75) is 38.2 Å². The number of para-hydroxylation sites is 3. The van der Waals surface area contributed by atoms with Crippen LogP contribution in [0.15, 0.2) is 54.6 Å². The fourth-order valence-corrected chi connectivity index (χ4v) is 4.42. The predicted octanol–water partition coefficient (Wildman–Crippen LogP) is 3.91. The van der Waals surface area contributed by atoms with Crippen LogP contribution in [0.25, 0.3) is 10.9 Å². The first kappa shape index (κ1) is 22.6. The Balaban J connectivity index is 1.57. The molecule has 1 aliphatic heterocycles. The van der Waals surface area contributed by atoms with Crippen molar-refractivity contribution in [3.8, 4) is 11.5 Å². The van der Waals surface area contributed by atoms with Crippen molar-refractivity contribution in [3.63, 3.8) is 0 Å². The summed E-state index contributed by atoms with van der Waals surface area (Å²) in [6, 6.07) is 16.8. The van der Waals surface area contributed by atoms with Crippen molar-refractivity contribution in [2.24, 2.45) is 5.73 Å². The summed E-state index contributed by atoms with van der Waals surface area (Å²) < 4.78 is 11.4. The first-order valence-corrected chi connectivity index (χ1v) is 11.3. The number of fused-ring (bicyclic) bond motifs is 1. The zero-order valence-corrected chi connectivity index (χ0v) is 19.0. The van der Waals surface area contributed by atoms with Crippen LogP contribution < -0.4 is 15.2 Å². The smallest absolute Gasteiger partial charge is 0.263 e. The monoisotopic (exact) mass is 447 g/mol. The van der Waals surface area contributed by atoms with Crippen LogP contribution in [0.1, 0.15) is 48.2 Å². The number of aromatic nitrogens is 1. The van der Waals surface area contributed by atoms with Crippen LogP contribution >= 0.6 is 0 Å². The van der Waals surface area contributed by atoms with Gasteiger partial charge in [0.25, 0.3) is 11.8 Å². The van der Waals surface area contributed by atoms with E-state index in [9.17, 15) is 9.59 Å². The molecule has 0 aliphatic carbocycles. The van der Waals surface area contributed by atoms with Crippen molar-refractivity contribution < 1.29 is 19.1 Å². The number of hydrogen-bond acceptors (Lipinski definition) is 5. The van der Waals surface area contributed by atoms with E-state index in [4.69, 9.17) is 20.2 Å². The minimum Gasteiger partial charge on any atom is -0.493 e. The van der Waals surface area contributed by atoms with Gasteiger partial charge in [-0.3, -0.25) is 14.6 Å². The third-order valence-electron chi connectivity index (χ3n) is 6.12. The van der Waals surface area contributed by atoms with Gasteiger partial charge >= 0.3 is 0 Å². The number of pyridine rings is 1. The van der Waals surface area contributed by atoms with E-state index < -0.39 is 12.0 Å². The normalized spacial score (nSPS) is 16.9. The molecule has 2 heterocycles. The summed E-state index contributed by atoms with van der Waals surface area (Å²) >= 11 is 0. The van der Waals surface area contributed by atoms with Gasteiger partial charge in [-0.1, -0.05) is 37.3 Å². The average molecular weight is 448 g/mol. The maximum atomic E-state index is 13.4. The zero-order chi connectivity index (χ0) is 23.4. The van der Waals surface area contributed by atoms with E-state index in [-0.39, 0.29) is 11.8 Å². The summed E-state index contributed by atoms with van der Waals surface area (Å²) in [5.74, 6) is 0.485. The molecule has 7 nitrogen and oxygen atoms in total. The van der Waals surface area contributed by atoms with Gasteiger partial charge in [0, 0.05) is 24.4 Å². The number of likely N-dealkylation sites (tertiary alicyclic amines) is 1. The van der Waals surface area contributed by atoms with Crippen LogP contribution in [0.4, 0.5) is 0 Å². The Labute approximate surface area is 193 Å². The second-order valence-electron chi connectivity index (χ2n) is 8.27. The molecule has 2 aromatic carbocycles. The average Bonchev–Trinajstić information content (AvgIpc) is 2.86. The highest BCUT2D eigenvalue weighted by Gasteiger charge is 2.32. The molecular weight excluding hydrogens is 418 g/mol. The molecule has 3 aromatic rings. The van der Waals surface area contributed by atoms with Gasteiger partial charge in [-0.2, -0.15) is 0 Å². The largest absolute Gasteiger partial charge is 0.493 e. The Morgan fingerprint density at radius 3 is 2.61 bits per heavy atom. The van der Waals surface area contributed by atoms with Crippen molar-refractivity contribution in [2.75, 3.05) is 20.2 Å². The summed E-state index contributed by atoms with van der Waals surface area (Å²) in [6.45, 7) is 3.03. The number of nitrogens with zero attached hydrogens (tertiary/aromatic N) is 2. The molecule has 7 heteroatoms. The molecule has 0 bridgehead atoms. The molecule has 0 unspecified atom stereocenters. The topological polar surface area (TPSA) is 94.8 Å². The van der Waals surface area contributed by atoms with Crippen LogP contribution in [0.3, 0.4) is 0 Å². The number of piperidine rings is 1. The van der Waals surface area contributed by atoms with E-state index in [0.29, 0.717) is 42.3 Å². The van der Waals surface area contributed by atoms with Crippen molar-refractivity contribution in [1.29, 1.82) is 0 Å². The van der Waals surface area contributed by atoms with Crippen molar-refractivity contribution in [1.82, 2.24) is 9.88 Å². The van der Waals surface area contributed by atoms with Crippen molar-refractivity contribution in [3.05, 3.63) is 65.9 Å². The molecule has 33 heavy (non-hydrogen) atoms. The van der Waals surface area contributed by atoms with Gasteiger partial charge in [0.1, 0.15) is 0 Å². The summed E-state index contributed by atoms with van der Waals surface area (Å²) in [6.07, 6.45) is 1.55. The number of primary amides is 1. The zero-order valence-electron chi connectivity index (χ0n) is 19.0. The molecular formula is C26H29N3O4. The molecule has 1 aromatic heterocycles. The number of carbonyl (C=O) groups excluding carboxylic acids is 2. The maximum Gasteiger partial charge on any atom is 0.263 e. The number of amides is 2. The van der Waals surface area contributed by atoms with E-state index in [1.165, 1.54) is 0 Å². The number of benzene rings is 2. The third-order valence-corrected chi connectivity index (χ3v) is 6.12. The molecule has 0 spiro atoms. The molecule has 2 atom stereocenters. The Kier molecular flexibility index (Phi) is 6.77. The van der Waals surface area contributed by atoms with E-state index >= 15 is 0 Å². The third kappa shape index (κ3) is 4.77. The van der Waals surface area contributed by atoms with Gasteiger partial charge in [0.05, 0.1) is 23.9 Å². The van der Waals surface area contributed by atoms with E-state index in [0.717, 1.165) is 23.7 Å². The van der Waals surface area contributed by atoms with Crippen LogP contribution in [-0.2, 0) is 4.79 Å². The van der Waals surface area contributed by atoms with Gasteiger partial charge < -0.3 is 20.1 Å². The SMILES string of the molecule is CC[C@@H](Oc1ccccc1OC)C(=O)N1CCC[C@@H](c2nc3ccccc3cc2C(N)=O)C1. The Morgan fingerprint density at radius 2 is 1.88 bits per heavy atom. The standard InChI is InChI=1S/C26H29N3O4/c1-3-21(33-23-13-7-6-12-22(23)32-2)26(31)29-14-8-10-18(16-29)24-19(25(27)30)15-17-9-4-5-11-20(17)28-24/h4-7,9,11-13,15,18,21H,3,8,10,14,16H2,1-2H3,(H2,27,30)/t18-,21-/m1/s1. The Morgan fingerprint density at radius 1 is 1.15 bits per heavy atom. The second kappa shape index (κ2) is 9.90. The van der Waals surface area contributed by atoms with Gasteiger partial charge in [0.15, 0.2) is 17.6 Å². The lowest BCUT2D eigenvalue weighted by Gasteiger charge is -2.35. The Bertz CT molecular complexity index is 1160. The molecule has 2 amide bonds. The molecule has 1 aliphatic rings. The summed E-state index contributed by atoms with van der Waals surface area (Å²) in [5, 5.41) is 0.870. The second-order valence-corrected chi connectivity index (χ2v) is 8.27. The minimum absolute atomic E-state index is 0.0708. The Hall–Kier alpha value is -3.61. The first-order chi connectivity index (χ1) is 16.0. The van der Waals surface area contributed by atoms with Gasteiger partial charge in [-0.25, -0.2) is 0 Å². The highest BCUT2D eigenvalue weighted by atomic mass is 16.5. The highest BCUT2D eigenvalue weighted by molar-refractivity contribution is 5.97. The molecule has 1 saturated heterocycles. The fourth-order valence-electron chi connectivity index (χ4n) is 4.42. The van der Waals surface area contributed by atoms with E-state index in [2.05, 4.69) is 0 Å². The summed E-state index contributed by atoms with van der Waals surface area (Å²) in [5.41, 5.74) is 7.60. The van der Waals surface area contributed by atoms with Gasteiger partial charge in [-0.05, 0) is 43.5 Å². The fraction of sp³-hybridized carbons (Fsp3) is 0.346. The predicted molar refractivity (Wildman–Crippen MR) is 127 cm³/mol. The quantitative estimate of drug-likeness (QED) is 0.593. The van der Waals surface area contributed by atoms with Crippen LogP contribution in [0.5, 0.6) is 11.5 Å². The molecule has 4 rings (SSSR count). The van der Waals surface area contributed by atoms with Crippen LogP contribution in [-0.4, -0.2) is 48.0 Å². The maximum absolute atomic E-state index is 13.4. The van der Waals surface area contributed by atoms with E-state index in [1.54, 1.807) is 25.3 Å². The first-order valence-electron chi connectivity index (χ1n) is 11.3. The number of methoxy groups -OCH3 is 1. The number of rotatable bonds is 7. The van der Waals surface area contributed by atoms with Crippen molar-refractivity contribution >= 4 is 22.7 Å². The number of hydrogen-bond donors (Lipinski definition) is 1. The lowest BCUT2D eigenvalue weighted by atomic mass is 9.90. The molecule has 0 radical (unpaired) electrons. The molecule has 1 fully saturated rings. The lowest BCUT2D eigenvalue weighted by molar-refractivity contribution is -0.140. The van der Waals surface area contributed by atoms with Crippen LogP contribution in [0.2, 0.25) is 0 Å². The number of ether oxygens (including phenoxy) is 2. The molecule has 172 valence electrons. The van der Waals surface area contributed by atoms with E-state index in [1.807, 2.05) is 48.2 Å². The number of nitrogens with two attached hydrogens (primary N) is 1. The van der Waals surface area contributed by atoms with Gasteiger partial charge in [-0.15, -0.1) is 0 Å². The lowest BCUT2D eigenvalue weighted by Crippen LogP contribution is -2.46. The molecule has 0 saturated carbocycles. The summed E-state index contributed by atoms with van der Waals surface area (Å²) in [4.78, 5) is 32.2. The minimum atomic E-state index is -0.625. The molecule has 2 N–H and O–H groups in total. The van der Waals surface area contributed by atoms with Gasteiger partial charge in [0.2, 0.25) is 0 Å². The van der Waals surface area contributed by atoms with Crippen LogP contribution in [0, 0.1) is 0 Å². The summed E-state index contributed by atoms with van der Waals surface area (Å²) in [7, 11) is 1.58.